The molecule has 0 N–H and O–H groups in total. The molecule has 3 nitrogen and oxygen atoms in total. The van der Waals surface area contributed by atoms with E-state index in [-0.39, 0.29) is 0 Å². The van der Waals surface area contributed by atoms with Crippen LogP contribution in [-0.4, -0.2) is 14.4 Å². The number of thiophene rings is 1. The smallest absolute Gasteiger partial charge is 0.156 e. The molecule has 0 fully saturated rings. The third kappa shape index (κ3) is 1.57. The summed E-state index contributed by atoms with van der Waals surface area (Å²) < 4.78 is 3.09. The van der Waals surface area contributed by atoms with Gasteiger partial charge in [-0.05, 0) is 28.1 Å². The molecular weight excluding hydrogens is 274 g/mol. The molecule has 0 saturated heterocycles. The van der Waals surface area contributed by atoms with Gasteiger partial charge in [0.05, 0.1) is 20.6 Å². The molecule has 0 spiro atoms. The van der Waals surface area contributed by atoms with Crippen molar-refractivity contribution < 1.29 is 0 Å². The molecule has 0 radical (unpaired) electrons. The molecule has 0 unspecified atom stereocenters. The van der Waals surface area contributed by atoms with E-state index < -0.39 is 0 Å². The van der Waals surface area contributed by atoms with Gasteiger partial charge in [-0.15, -0.1) is 11.3 Å². The topological polar surface area (TPSA) is 30.2 Å². The van der Waals surface area contributed by atoms with Crippen LogP contribution in [0.2, 0.25) is 0 Å². The maximum Gasteiger partial charge on any atom is 0.156 e. The van der Waals surface area contributed by atoms with E-state index in [1.807, 2.05) is 22.9 Å². The Balaban J connectivity index is 2.19. The van der Waals surface area contributed by atoms with Crippen molar-refractivity contribution in [1.82, 2.24) is 14.4 Å². The predicted octanol–water partition coefficient (Wildman–Crippen LogP) is 3.22. The summed E-state index contributed by atoms with van der Waals surface area (Å²) in [6, 6.07) is 4.09. The summed E-state index contributed by atoms with van der Waals surface area (Å²) >= 11 is 5.12. The van der Waals surface area contributed by atoms with Crippen LogP contribution in [0, 0.1) is 0 Å². The van der Waals surface area contributed by atoms with E-state index in [1.165, 1.54) is 0 Å². The summed E-state index contributed by atoms with van der Waals surface area (Å²) in [6.45, 7) is 0. The van der Waals surface area contributed by atoms with Gasteiger partial charge in [-0.25, -0.2) is 4.98 Å². The first-order valence-electron chi connectivity index (χ1n) is 4.37. The Kier molecular flexibility index (Phi) is 2.07. The first kappa shape index (κ1) is 9.06. The molecule has 0 bridgehead atoms. The standard InChI is InChI=1S/C10H6BrN3S/c11-9-2-1-8(15-9)7-6-14-4-3-12-5-10(14)13-7/h1-6H. The molecule has 0 atom stereocenters. The summed E-state index contributed by atoms with van der Waals surface area (Å²) in [7, 11) is 0. The first-order chi connectivity index (χ1) is 7.33. The predicted molar refractivity (Wildman–Crippen MR) is 64.0 cm³/mol. The van der Waals surface area contributed by atoms with Crippen molar-refractivity contribution in [3.63, 3.8) is 0 Å². The van der Waals surface area contributed by atoms with Gasteiger partial charge in [-0.2, -0.15) is 0 Å². The Morgan fingerprint density at radius 2 is 2.27 bits per heavy atom. The SMILES string of the molecule is Brc1ccc(-c2cn3ccncc3n2)s1. The third-order valence-corrected chi connectivity index (χ3v) is 3.74. The van der Waals surface area contributed by atoms with E-state index in [9.17, 15) is 0 Å². The Bertz CT molecular complexity index is 581. The van der Waals surface area contributed by atoms with Crippen molar-refractivity contribution in [2.24, 2.45) is 0 Å². The van der Waals surface area contributed by atoms with Crippen LogP contribution in [0.3, 0.4) is 0 Å². The van der Waals surface area contributed by atoms with E-state index in [0.29, 0.717) is 0 Å². The van der Waals surface area contributed by atoms with Crippen molar-refractivity contribution in [3.8, 4) is 10.6 Å². The average Bonchev–Trinajstić information content (AvgIpc) is 2.82. The van der Waals surface area contributed by atoms with E-state index in [2.05, 4.69) is 32.0 Å². The van der Waals surface area contributed by atoms with Crippen LogP contribution in [-0.2, 0) is 0 Å². The fourth-order valence-corrected chi connectivity index (χ4v) is 2.75. The van der Waals surface area contributed by atoms with Crippen LogP contribution >= 0.6 is 27.3 Å². The molecule has 0 aliphatic carbocycles. The van der Waals surface area contributed by atoms with Crippen molar-refractivity contribution in [1.29, 1.82) is 0 Å². The molecule has 15 heavy (non-hydrogen) atoms. The Labute approximate surface area is 98.6 Å². The number of nitrogens with zero attached hydrogens (tertiary/aromatic N) is 3. The molecule has 5 heteroatoms. The lowest BCUT2D eigenvalue weighted by molar-refractivity contribution is 1.13. The quantitative estimate of drug-likeness (QED) is 0.685. The third-order valence-electron chi connectivity index (χ3n) is 2.09. The van der Waals surface area contributed by atoms with Gasteiger partial charge in [0.2, 0.25) is 0 Å². The molecule has 74 valence electrons. The van der Waals surface area contributed by atoms with Crippen LogP contribution in [0.5, 0.6) is 0 Å². The van der Waals surface area contributed by atoms with Crippen LogP contribution in [0.4, 0.5) is 0 Å². The van der Waals surface area contributed by atoms with Crippen LogP contribution in [0.15, 0.2) is 40.7 Å². The fraction of sp³-hybridized carbons (Fsp3) is 0. The second kappa shape index (κ2) is 3.43. The average molecular weight is 280 g/mol. The number of aromatic nitrogens is 3. The normalized spacial score (nSPS) is 11.0. The van der Waals surface area contributed by atoms with Gasteiger partial charge in [0.25, 0.3) is 0 Å². The monoisotopic (exact) mass is 279 g/mol. The van der Waals surface area contributed by atoms with Gasteiger partial charge in [0.1, 0.15) is 0 Å². The number of rotatable bonds is 1. The lowest BCUT2D eigenvalue weighted by atomic mass is 10.4. The highest BCUT2D eigenvalue weighted by Crippen LogP contribution is 2.30. The Morgan fingerprint density at radius 3 is 3.00 bits per heavy atom. The zero-order valence-corrected chi connectivity index (χ0v) is 9.99. The first-order valence-corrected chi connectivity index (χ1v) is 5.98. The largest absolute Gasteiger partial charge is 0.304 e. The number of fused-ring (bicyclic) bond motifs is 1. The van der Waals surface area contributed by atoms with Gasteiger partial charge in [-0.1, -0.05) is 0 Å². The lowest BCUT2D eigenvalue weighted by Crippen LogP contribution is -1.81. The van der Waals surface area contributed by atoms with E-state index >= 15 is 0 Å². The number of halogens is 1. The molecular formula is C10H6BrN3S. The van der Waals surface area contributed by atoms with Crippen molar-refractivity contribution in [3.05, 3.63) is 40.7 Å². The molecule has 3 heterocycles. The molecule has 0 aliphatic rings. The van der Waals surface area contributed by atoms with Crippen LogP contribution in [0.1, 0.15) is 0 Å². The second-order valence-electron chi connectivity index (χ2n) is 3.07. The second-order valence-corrected chi connectivity index (χ2v) is 5.53. The highest BCUT2D eigenvalue weighted by Gasteiger charge is 2.05. The highest BCUT2D eigenvalue weighted by molar-refractivity contribution is 9.11. The number of hydrogen-bond donors (Lipinski definition) is 0. The van der Waals surface area contributed by atoms with Gasteiger partial charge in [0.15, 0.2) is 5.65 Å². The zero-order chi connectivity index (χ0) is 10.3. The number of imidazole rings is 1. The summed E-state index contributed by atoms with van der Waals surface area (Å²) in [5, 5.41) is 0. The fourth-order valence-electron chi connectivity index (χ4n) is 1.41. The summed E-state index contributed by atoms with van der Waals surface area (Å²) in [5.74, 6) is 0. The maximum absolute atomic E-state index is 4.49. The molecule has 3 aromatic heterocycles. The minimum Gasteiger partial charge on any atom is -0.304 e. The van der Waals surface area contributed by atoms with E-state index in [0.717, 1.165) is 20.0 Å². The lowest BCUT2D eigenvalue weighted by Gasteiger charge is -1.86. The molecule has 0 aliphatic heterocycles. The minimum atomic E-state index is 0.872. The van der Waals surface area contributed by atoms with Gasteiger partial charge in [0, 0.05) is 18.6 Å². The molecule has 0 amide bonds. The van der Waals surface area contributed by atoms with Crippen LogP contribution < -0.4 is 0 Å². The summed E-state index contributed by atoms with van der Waals surface area (Å²) in [6.07, 6.45) is 7.42. The number of hydrogen-bond acceptors (Lipinski definition) is 3. The molecule has 0 aromatic carbocycles. The molecule has 3 aromatic rings. The van der Waals surface area contributed by atoms with Crippen LogP contribution in [0.25, 0.3) is 16.2 Å². The van der Waals surface area contributed by atoms with Gasteiger partial charge >= 0.3 is 0 Å². The maximum atomic E-state index is 4.49. The molecule has 3 rings (SSSR count). The van der Waals surface area contributed by atoms with Crippen molar-refractivity contribution in [2.75, 3.05) is 0 Å². The summed E-state index contributed by atoms with van der Waals surface area (Å²) in [5.41, 5.74) is 1.86. The van der Waals surface area contributed by atoms with Crippen molar-refractivity contribution >= 4 is 32.9 Å². The van der Waals surface area contributed by atoms with Gasteiger partial charge < -0.3 is 4.40 Å². The van der Waals surface area contributed by atoms with Gasteiger partial charge in [-0.3, -0.25) is 4.98 Å². The Hall–Kier alpha value is -1.20. The van der Waals surface area contributed by atoms with Crippen molar-refractivity contribution in [2.45, 2.75) is 0 Å². The van der Waals surface area contributed by atoms with E-state index in [1.54, 1.807) is 23.7 Å². The summed E-state index contributed by atoms with van der Waals surface area (Å²) in [4.78, 5) is 9.68. The highest BCUT2D eigenvalue weighted by atomic mass is 79.9. The Morgan fingerprint density at radius 1 is 1.33 bits per heavy atom. The minimum absolute atomic E-state index is 0.872. The zero-order valence-electron chi connectivity index (χ0n) is 7.59. The van der Waals surface area contributed by atoms with E-state index in [4.69, 9.17) is 0 Å². The molecule has 0 saturated carbocycles.